The van der Waals surface area contributed by atoms with E-state index in [1.807, 2.05) is 21.1 Å². The Hall–Kier alpha value is 0.0700. The van der Waals surface area contributed by atoms with Gasteiger partial charge in [0, 0.05) is 0 Å². The quantitative estimate of drug-likeness (QED) is 0.594. The van der Waals surface area contributed by atoms with E-state index < -0.39 is 13.9 Å². The summed E-state index contributed by atoms with van der Waals surface area (Å²) in [5, 5.41) is 0. The van der Waals surface area contributed by atoms with Crippen LogP contribution in [0.4, 0.5) is 0 Å². The van der Waals surface area contributed by atoms with Crippen LogP contribution in [0.15, 0.2) is 0 Å². The highest BCUT2D eigenvalue weighted by atomic mass is 31.2. The van der Waals surface area contributed by atoms with E-state index in [0.717, 1.165) is 19.3 Å². The Morgan fingerprint density at radius 2 is 2.06 bits per heavy atom. The smallest absolute Gasteiger partial charge is 0.265 e. The Morgan fingerprint density at radius 1 is 1.47 bits per heavy atom. The van der Waals surface area contributed by atoms with Crippen molar-refractivity contribution in [2.75, 3.05) is 27.7 Å². The van der Waals surface area contributed by atoms with Crippen molar-refractivity contribution in [1.82, 2.24) is 0 Å². The van der Waals surface area contributed by atoms with Crippen LogP contribution in [0, 0.1) is 11.8 Å². The van der Waals surface area contributed by atoms with E-state index in [9.17, 15) is 9.46 Å². The Balaban J connectivity index is 2.75. The van der Waals surface area contributed by atoms with Crippen LogP contribution in [0.1, 0.15) is 26.2 Å². The first kappa shape index (κ1) is 15.1. The van der Waals surface area contributed by atoms with Crippen LogP contribution in [0.25, 0.3) is 0 Å². The van der Waals surface area contributed by atoms with E-state index in [1.54, 1.807) is 0 Å². The Morgan fingerprint density at radius 3 is 2.41 bits per heavy atom. The molecule has 0 aromatic rings. The normalized spacial score (nSPS) is 31.2. The third-order valence-corrected chi connectivity index (χ3v) is 3.94. The molecule has 0 aromatic carbocycles. The molecule has 6 heteroatoms. The molecule has 102 valence electrons. The molecule has 0 saturated heterocycles. The minimum absolute atomic E-state index is 0.224. The van der Waals surface area contributed by atoms with E-state index in [4.69, 9.17) is 9.42 Å². The number of phosphoric ester groups is 1. The SMILES string of the molecule is C[C@H]1CCC[C@H]1C(C[N+](C)(C)C)OP(=O)([O-])O. The molecule has 2 unspecified atom stereocenters. The van der Waals surface area contributed by atoms with Gasteiger partial charge in [-0.15, -0.1) is 0 Å². The first-order valence-corrected chi connectivity index (χ1v) is 7.61. The third-order valence-electron chi connectivity index (χ3n) is 3.40. The number of rotatable bonds is 5. The maximum Gasteiger partial charge on any atom is 0.265 e. The molecule has 0 spiro atoms. The van der Waals surface area contributed by atoms with Gasteiger partial charge in [0.2, 0.25) is 0 Å². The molecule has 0 aromatic heterocycles. The first-order valence-electron chi connectivity index (χ1n) is 6.11. The molecule has 17 heavy (non-hydrogen) atoms. The van der Waals surface area contributed by atoms with Crippen molar-refractivity contribution in [1.29, 1.82) is 0 Å². The molecule has 0 bridgehead atoms. The van der Waals surface area contributed by atoms with Crippen LogP contribution in [0.3, 0.4) is 0 Å². The minimum atomic E-state index is -4.65. The summed E-state index contributed by atoms with van der Waals surface area (Å²) < 4.78 is 16.5. The zero-order chi connectivity index (χ0) is 13.3. The monoisotopic (exact) mass is 265 g/mol. The second-order valence-corrected chi connectivity index (χ2v) is 7.31. The van der Waals surface area contributed by atoms with E-state index in [2.05, 4.69) is 6.92 Å². The molecule has 0 heterocycles. The van der Waals surface area contributed by atoms with Crippen molar-refractivity contribution < 1.29 is 23.4 Å². The number of phosphoric acid groups is 1. The lowest BCUT2D eigenvalue weighted by Crippen LogP contribution is -2.45. The fraction of sp³-hybridized carbons (Fsp3) is 1.00. The highest BCUT2D eigenvalue weighted by molar-refractivity contribution is 7.44. The first-order chi connectivity index (χ1) is 7.58. The zero-order valence-corrected chi connectivity index (χ0v) is 12.0. The van der Waals surface area contributed by atoms with Crippen molar-refractivity contribution >= 4 is 7.82 Å². The van der Waals surface area contributed by atoms with Crippen molar-refractivity contribution in [3.05, 3.63) is 0 Å². The second-order valence-electron chi connectivity index (χ2n) is 6.16. The maximum atomic E-state index is 10.9. The van der Waals surface area contributed by atoms with Crippen molar-refractivity contribution in [2.24, 2.45) is 11.8 Å². The van der Waals surface area contributed by atoms with Gasteiger partial charge in [0.05, 0.1) is 21.1 Å². The molecule has 4 atom stereocenters. The topological polar surface area (TPSA) is 69.6 Å². The summed E-state index contributed by atoms with van der Waals surface area (Å²) in [5.41, 5.74) is 0. The standard InChI is InChI=1S/C11H24NO4P/c1-9-6-5-7-10(9)11(8-12(2,3)4)16-17(13,14)15/h9-11H,5-8H2,1-4H3,(H-,13,14,15)/t9-,10+,11?/m0/s1. The molecule has 1 aliphatic carbocycles. The van der Waals surface area contributed by atoms with Crippen LogP contribution >= 0.6 is 7.82 Å². The summed E-state index contributed by atoms with van der Waals surface area (Å²) in [7, 11) is 1.32. The van der Waals surface area contributed by atoms with E-state index >= 15 is 0 Å². The molecule has 1 N–H and O–H groups in total. The molecule has 0 amide bonds. The van der Waals surface area contributed by atoms with Gasteiger partial charge in [-0.25, -0.2) is 0 Å². The van der Waals surface area contributed by atoms with Gasteiger partial charge in [0.1, 0.15) is 12.6 Å². The molecule has 1 fully saturated rings. The van der Waals surface area contributed by atoms with Crippen LogP contribution < -0.4 is 4.89 Å². The largest absolute Gasteiger partial charge is 0.756 e. The lowest BCUT2D eigenvalue weighted by atomic mass is 9.92. The van der Waals surface area contributed by atoms with Gasteiger partial charge in [-0.2, -0.15) is 0 Å². The van der Waals surface area contributed by atoms with Gasteiger partial charge < -0.3 is 18.8 Å². The predicted molar refractivity (Wildman–Crippen MR) is 64.1 cm³/mol. The summed E-state index contributed by atoms with van der Waals surface area (Å²) >= 11 is 0. The van der Waals surface area contributed by atoms with Gasteiger partial charge in [-0.3, -0.25) is 4.57 Å². The second kappa shape index (κ2) is 5.37. The highest BCUT2D eigenvalue weighted by Crippen LogP contribution is 2.41. The summed E-state index contributed by atoms with van der Waals surface area (Å²) in [6, 6.07) is 0. The van der Waals surface area contributed by atoms with Crippen LogP contribution in [-0.2, 0) is 9.09 Å². The van der Waals surface area contributed by atoms with E-state index in [0.29, 0.717) is 16.9 Å². The third kappa shape index (κ3) is 5.49. The van der Waals surface area contributed by atoms with Gasteiger partial charge in [0.15, 0.2) is 0 Å². The fourth-order valence-electron chi connectivity index (χ4n) is 2.68. The highest BCUT2D eigenvalue weighted by Gasteiger charge is 2.36. The van der Waals surface area contributed by atoms with Crippen LogP contribution in [-0.4, -0.2) is 43.2 Å². The molecular formula is C11H24NO4P. The Kier molecular flexibility index (Phi) is 4.78. The molecule has 1 rings (SSSR count). The zero-order valence-electron chi connectivity index (χ0n) is 11.1. The minimum Gasteiger partial charge on any atom is -0.756 e. The summed E-state index contributed by atoms with van der Waals surface area (Å²) in [5.74, 6) is 0.680. The van der Waals surface area contributed by atoms with E-state index in [-0.39, 0.29) is 5.92 Å². The molecule has 5 nitrogen and oxygen atoms in total. The lowest BCUT2D eigenvalue weighted by molar-refractivity contribution is -0.873. The Labute approximate surface area is 104 Å². The average molecular weight is 265 g/mol. The summed E-state index contributed by atoms with van der Waals surface area (Å²) in [6.07, 6.45) is 2.78. The van der Waals surface area contributed by atoms with Crippen molar-refractivity contribution in [3.8, 4) is 0 Å². The fourth-order valence-corrected chi connectivity index (χ4v) is 3.25. The Bertz CT molecular complexity index is 296. The van der Waals surface area contributed by atoms with Gasteiger partial charge >= 0.3 is 0 Å². The number of hydrogen-bond acceptors (Lipinski definition) is 3. The number of likely N-dealkylation sites (N-methyl/N-ethyl adjacent to an activating group) is 1. The molecule has 1 saturated carbocycles. The molecule has 1 aliphatic rings. The van der Waals surface area contributed by atoms with Crippen molar-refractivity contribution in [2.45, 2.75) is 32.3 Å². The predicted octanol–water partition coefficient (Wildman–Crippen LogP) is 0.975. The summed E-state index contributed by atoms with van der Waals surface area (Å²) in [4.78, 5) is 19.8. The lowest BCUT2D eigenvalue weighted by Gasteiger charge is -2.35. The van der Waals surface area contributed by atoms with Crippen LogP contribution in [0.5, 0.6) is 0 Å². The number of hydrogen-bond donors (Lipinski definition) is 1. The molecule has 0 aliphatic heterocycles. The molecular weight excluding hydrogens is 241 g/mol. The maximum absolute atomic E-state index is 10.9. The molecule has 0 radical (unpaired) electrons. The number of nitrogens with zero attached hydrogens (tertiary/aromatic N) is 1. The van der Waals surface area contributed by atoms with Crippen LogP contribution in [0.2, 0.25) is 0 Å². The van der Waals surface area contributed by atoms with E-state index in [1.165, 1.54) is 0 Å². The number of quaternary nitrogens is 1. The van der Waals surface area contributed by atoms with Gasteiger partial charge in [0.25, 0.3) is 7.82 Å². The van der Waals surface area contributed by atoms with Crippen molar-refractivity contribution in [3.63, 3.8) is 0 Å². The summed E-state index contributed by atoms with van der Waals surface area (Å²) in [6.45, 7) is 2.71. The average Bonchev–Trinajstić information content (AvgIpc) is 2.44. The van der Waals surface area contributed by atoms with Gasteiger partial charge in [-0.1, -0.05) is 19.8 Å². The van der Waals surface area contributed by atoms with Gasteiger partial charge in [-0.05, 0) is 18.3 Å².